The zero-order valence-corrected chi connectivity index (χ0v) is 62.1. The van der Waals surface area contributed by atoms with E-state index in [1.807, 2.05) is 61.8 Å². The molecule has 0 radical (unpaired) electrons. The molecule has 42 heteroatoms. The van der Waals surface area contributed by atoms with Crippen molar-refractivity contribution in [2.45, 2.75) is 160 Å². The van der Waals surface area contributed by atoms with E-state index in [-0.39, 0.29) is 181 Å². The Morgan fingerprint density at radius 2 is 0.736 bits per heavy atom. The van der Waals surface area contributed by atoms with E-state index in [9.17, 15) is 25.5 Å². The van der Waals surface area contributed by atoms with Crippen LogP contribution in [0.5, 0.6) is 0 Å². The minimum Gasteiger partial charge on any atom is -0.726 e. The maximum Gasteiger partial charge on any atom is 1.00 e. The van der Waals surface area contributed by atoms with Crippen LogP contribution in [0.4, 0.5) is 0 Å². The first-order valence-electron chi connectivity index (χ1n) is 25.5. The second kappa shape index (κ2) is 43.9. The molecule has 0 saturated carbocycles. The summed E-state index contributed by atoms with van der Waals surface area (Å²) in [6.07, 6.45) is -4.82. The van der Waals surface area contributed by atoms with E-state index in [2.05, 4.69) is 0 Å². The van der Waals surface area contributed by atoms with Gasteiger partial charge in [0.2, 0.25) is 41.6 Å². The van der Waals surface area contributed by atoms with Crippen molar-refractivity contribution in [3.63, 3.8) is 0 Å². The van der Waals surface area contributed by atoms with Gasteiger partial charge in [0.05, 0.1) is 31.5 Å². The monoisotopic (exact) mass is 1380 g/mol. The van der Waals surface area contributed by atoms with Gasteiger partial charge < -0.3 is 105 Å². The van der Waals surface area contributed by atoms with Crippen molar-refractivity contribution in [2.24, 2.45) is 47.3 Å². The molecule has 496 valence electrons. The van der Waals surface area contributed by atoms with Gasteiger partial charge in [0.15, 0.2) is 37.7 Å². The van der Waals surface area contributed by atoms with Gasteiger partial charge >= 0.3 is 118 Å². The third kappa shape index (κ3) is 37.9. The van der Waals surface area contributed by atoms with Crippen LogP contribution in [-0.2, 0) is 103 Å². The number of aliphatic hydroxyl groups excluding tert-OH is 5. The molecule has 9 N–H and O–H groups in total. The molecule has 0 bridgehead atoms. The number of hydrogen-bond donors (Lipinski definition) is 9. The van der Waals surface area contributed by atoms with Gasteiger partial charge in [0.25, 0.3) is 0 Å². The molecule has 0 spiro atoms. The fourth-order valence-corrected chi connectivity index (χ4v) is 9.05. The fraction of sp³-hybridized carbons (Fsp3) is 0.911. The number of rotatable bonds is 17. The molecule has 0 aliphatic carbocycles. The van der Waals surface area contributed by atoms with Gasteiger partial charge in [-0.1, -0.05) is 79.8 Å². The molecule has 0 aromatic rings. The quantitative estimate of drug-likeness (QED) is 0.0283. The summed E-state index contributed by atoms with van der Waals surface area (Å²) in [5.41, 5.74) is 0. The van der Waals surface area contributed by atoms with Crippen LogP contribution in [0.2, 0.25) is 0 Å². The topological polar surface area (TPSA) is 531 Å². The summed E-state index contributed by atoms with van der Waals surface area (Å²) < 4.78 is 211. The van der Waals surface area contributed by atoms with Crippen LogP contribution in [0, 0.1) is 73.0 Å². The van der Waals surface area contributed by atoms with Crippen molar-refractivity contribution in [2.75, 3.05) is 53.9 Å². The van der Waals surface area contributed by atoms with Gasteiger partial charge in [-0.2, -0.15) is 0 Å². The van der Waals surface area contributed by atoms with Crippen LogP contribution >= 0.6 is 0 Å². The second-order valence-electron chi connectivity index (χ2n) is 20.5. The van der Waals surface area contributed by atoms with E-state index < -0.39 is 164 Å². The first-order valence-corrected chi connectivity index (χ1v) is 31.0. The van der Waals surface area contributed by atoms with E-state index in [0.29, 0.717) is 6.61 Å². The first kappa shape index (κ1) is 93.9. The molecule has 0 aromatic carbocycles. The average Bonchev–Trinajstić information content (AvgIpc) is 1.11. The molecule has 0 aromatic heterocycles. The van der Waals surface area contributed by atoms with Gasteiger partial charge in [0, 0.05) is 88.0 Å². The molecule has 6 heterocycles. The largest absolute Gasteiger partial charge is 1.00 e. The Morgan fingerprint density at radius 1 is 0.414 bits per heavy atom. The zero-order valence-electron chi connectivity index (χ0n) is 50.8. The summed E-state index contributed by atoms with van der Waals surface area (Å²) in [4.78, 5) is 0. The summed E-state index contributed by atoms with van der Waals surface area (Å²) in [7, 11) is -16.6. The number of hydrogen-bond acceptors (Lipinski definition) is 30. The molecule has 6 aliphatic rings. The smallest absolute Gasteiger partial charge is 0.726 e. The Kier molecular flexibility index (Phi) is 47.4. The summed E-state index contributed by atoms with van der Waals surface area (Å²) in [5.74, 6) is -2.38. The number of ether oxygens (including phenoxy) is 13. The fourth-order valence-electron chi connectivity index (χ4n) is 9.05. The second-order valence-corrected chi connectivity index (χ2v) is 23.9. The molecular weight excluding hydrogens is 1300 g/mol. The summed E-state index contributed by atoms with van der Waals surface area (Å²) in [5, 5.41) is 54.4. The minimum absolute atomic E-state index is 0. The van der Waals surface area contributed by atoms with Gasteiger partial charge in [-0.3, -0.25) is 43.9 Å². The zero-order chi connectivity index (χ0) is 63.7. The molecule has 87 heavy (non-hydrogen) atoms. The van der Waals surface area contributed by atoms with Crippen molar-refractivity contribution in [3.05, 3.63) is 25.7 Å². The summed E-state index contributed by atoms with van der Waals surface area (Å²) in [6.45, 7) is 15.9. The first-order chi connectivity index (χ1) is 38.0. The Morgan fingerprint density at radius 3 is 1.11 bits per heavy atom. The van der Waals surface area contributed by atoms with Crippen LogP contribution in [-0.4, -0.2) is 254 Å². The minimum atomic E-state index is -4.92. The molecule has 25 atom stereocenters. The van der Waals surface area contributed by atoms with Crippen molar-refractivity contribution in [1.82, 2.24) is 0 Å². The van der Waals surface area contributed by atoms with Crippen LogP contribution in [0.1, 0.15) is 55.4 Å². The number of aliphatic hydroxyl groups is 5. The Hall–Kier alpha value is 2.76. The van der Waals surface area contributed by atoms with Crippen molar-refractivity contribution in [3.8, 4) is 0 Å². The summed E-state index contributed by atoms with van der Waals surface area (Å²) >= 11 is 0. The average molecular weight is 1390 g/mol. The Labute approximate surface area is 597 Å². The van der Waals surface area contributed by atoms with Crippen LogP contribution < -0.4 is 118 Å². The molecule has 25 unspecified atom stereocenters. The van der Waals surface area contributed by atoms with Crippen LogP contribution in [0.25, 0.3) is 0 Å². The molecule has 6 aliphatic heterocycles. The SMILES string of the molecule is COCC1[CH-]C(O)C(C)C(OCC2[CH-]C(OC3OC(COC4OCC(C)C(O)C4C)C(C)C(O)C3C)C(C)C(OCC3[CH-]C(O)C(C)C(OCC4[CH-]C(O)C(C)C(OC)O4)O3)O2)O1.O=S(=O)([O-])O.O=S(=O)([O-])O.O=S(=O)([O-])O.O=S(=O)([O-])O.[Na+].[Na+].[Na+].[Na+]. The third-order valence-corrected chi connectivity index (χ3v) is 13.8. The summed E-state index contributed by atoms with van der Waals surface area (Å²) in [6, 6.07) is 0. The molecule has 0 amide bonds. The Balaban J connectivity index is -0.00000254. The molecule has 6 fully saturated rings. The third-order valence-electron chi connectivity index (χ3n) is 13.8. The molecule has 6 saturated heterocycles. The van der Waals surface area contributed by atoms with E-state index >= 15 is 0 Å². The molecule has 34 nitrogen and oxygen atoms in total. The van der Waals surface area contributed by atoms with Gasteiger partial charge in [-0.05, 0) is 24.4 Å². The molecule has 6 rings (SSSR count). The Bertz CT molecular complexity index is 2180. The predicted octanol–water partition coefficient (Wildman–Crippen LogP) is -14.5. The van der Waals surface area contributed by atoms with Crippen molar-refractivity contribution < 1.29 is 275 Å². The van der Waals surface area contributed by atoms with Gasteiger partial charge in [-0.25, -0.2) is 33.7 Å². The standard InChI is InChI=1S/C45H76O18.4Na.4H2O4S/c1-21-15-53-41(27(7)38(21)49)57-20-37-25(5)39(50)28(8)45(63-37)62-36-14-32(19-55-42-23(3)34(47)11-29(59-42)16-51-9)61-44(26(36)6)56-18-31-13-35(48)24(4)43(60-31)54-17-30-12-33(46)22(2)40(52-10)58-30;;;;;4*1-5(2,3)4/h11-14,21-50H,15-20H2,1-10H3;;;;;4*(H2,1,2,3,4)/q-4;4*+1;;;;/p-4. The van der Waals surface area contributed by atoms with Crippen molar-refractivity contribution >= 4 is 41.6 Å². The van der Waals surface area contributed by atoms with Gasteiger partial charge in [0.1, 0.15) is 0 Å². The number of methoxy groups -OCH3 is 2. The van der Waals surface area contributed by atoms with Gasteiger partial charge in [-0.15, -0.1) is 0 Å². The van der Waals surface area contributed by atoms with E-state index in [4.69, 9.17) is 132 Å². The van der Waals surface area contributed by atoms with Crippen LogP contribution in [0.15, 0.2) is 0 Å². The van der Waals surface area contributed by atoms with E-state index in [0.717, 1.165) is 0 Å². The normalized spacial score (nSPS) is 38.9. The van der Waals surface area contributed by atoms with Crippen molar-refractivity contribution in [1.29, 1.82) is 0 Å². The molecular formula is C45H80Na4O34S4-4. The maximum absolute atomic E-state index is 11.4. The van der Waals surface area contributed by atoms with Crippen LogP contribution in [0.3, 0.4) is 0 Å². The predicted molar refractivity (Wildman–Crippen MR) is 270 cm³/mol. The maximum atomic E-state index is 11.4. The van der Waals surface area contributed by atoms with E-state index in [1.165, 1.54) is 7.11 Å². The van der Waals surface area contributed by atoms with E-state index in [1.54, 1.807) is 26.4 Å².